The minimum atomic E-state index is -4.39. The number of phosphoric acid groups is 1. The third kappa shape index (κ3) is 54.5. The van der Waals surface area contributed by atoms with Crippen LogP contribution < -0.4 is 5.73 Å². The Labute approximate surface area is 430 Å². The first-order chi connectivity index (χ1) is 34.3. The van der Waals surface area contributed by atoms with Crippen molar-refractivity contribution < 1.29 is 37.6 Å². The van der Waals surface area contributed by atoms with Crippen LogP contribution in [0.5, 0.6) is 0 Å². The molecule has 2 unspecified atom stereocenters. The van der Waals surface area contributed by atoms with Crippen molar-refractivity contribution in [2.45, 2.75) is 258 Å². The molecule has 70 heavy (non-hydrogen) atoms. The first-order valence-corrected chi connectivity index (χ1v) is 30.1. The number of unbranched alkanes of at least 4 members (excludes halogenated alkanes) is 26. The van der Waals surface area contributed by atoms with Gasteiger partial charge in [-0.2, -0.15) is 0 Å². The lowest BCUT2D eigenvalue weighted by molar-refractivity contribution is -0.161. The second-order valence-corrected chi connectivity index (χ2v) is 20.2. The Balaban J connectivity index is 3.97. The van der Waals surface area contributed by atoms with Crippen LogP contribution in [0.4, 0.5) is 0 Å². The molecule has 10 heteroatoms. The summed E-state index contributed by atoms with van der Waals surface area (Å²) >= 11 is 0. The van der Waals surface area contributed by atoms with E-state index in [4.69, 9.17) is 24.3 Å². The highest BCUT2D eigenvalue weighted by atomic mass is 31.2. The summed E-state index contributed by atoms with van der Waals surface area (Å²) in [4.78, 5) is 35.1. The molecule has 0 radical (unpaired) electrons. The fourth-order valence-electron chi connectivity index (χ4n) is 7.85. The summed E-state index contributed by atoms with van der Waals surface area (Å²) in [6.45, 7) is 3.64. The first kappa shape index (κ1) is 67.2. The Kier molecular flexibility index (Phi) is 53.3. The molecule has 0 aromatic heterocycles. The number of rotatable bonds is 53. The largest absolute Gasteiger partial charge is 0.472 e. The lowest BCUT2D eigenvalue weighted by atomic mass is 10.0. The lowest BCUT2D eigenvalue weighted by Gasteiger charge is -2.19. The van der Waals surface area contributed by atoms with Gasteiger partial charge in [0.05, 0.1) is 13.2 Å². The number of hydrogen-bond donors (Lipinski definition) is 2. The molecule has 404 valence electrons. The van der Waals surface area contributed by atoms with Crippen LogP contribution in [0.2, 0.25) is 0 Å². The van der Waals surface area contributed by atoms with Crippen LogP contribution in [0.15, 0.2) is 85.1 Å². The van der Waals surface area contributed by atoms with Crippen LogP contribution >= 0.6 is 7.82 Å². The van der Waals surface area contributed by atoms with Gasteiger partial charge in [-0.1, -0.05) is 253 Å². The minimum Gasteiger partial charge on any atom is -0.462 e. The van der Waals surface area contributed by atoms with Gasteiger partial charge in [-0.15, -0.1) is 0 Å². The number of carbonyl (C=O) groups excluding carboxylic acids is 2. The second kappa shape index (κ2) is 55.5. The fraction of sp³-hybridized carbons (Fsp3) is 0.733. The molecule has 2 atom stereocenters. The Bertz CT molecular complexity index is 1420. The summed E-state index contributed by atoms with van der Waals surface area (Å²) in [5.74, 6) is -0.826. The van der Waals surface area contributed by atoms with Crippen molar-refractivity contribution in [1.29, 1.82) is 0 Å². The predicted molar refractivity (Wildman–Crippen MR) is 298 cm³/mol. The maximum atomic E-state index is 12.7. The van der Waals surface area contributed by atoms with Crippen molar-refractivity contribution in [3.63, 3.8) is 0 Å². The van der Waals surface area contributed by atoms with Gasteiger partial charge in [0.25, 0.3) is 0 Å². The Morgan fingerprint density at radius 1 is 0.443 bits per heavy atom. The molecule has 0 saturated heterocycles. The smallest absolute Gasteiger partial charge is 0.462 e. The standard InChI is InChI=1S/C60H106NO8P/c1-3-5-7-9-11-13-15-17-19-21-22-23-24-25-26-27-28-29-30-31-32-33-34-35-36-37-39-41-43-45-47-49-51-53-60(63)69-58(57-68-70(64,65)67-55-54-61)56-66-59(62)52-50-48-46-44-42-40-38-20-18-16-14-12-10-8-6-4-2/h5,7,11,13,17,19,22-23,25-26,28-29,31-32,58H,3-4,6,8-10,12,14-16,18,20-21,24,27,30,33-57,61H2,1-2H3,(H,64,65)/b7-5-,13-11-,19-17-,23-22-,26-25-,29-28-,32-31-. The van der Waals surface area contributed by atoms with Gasteiger partial charge in [-0.3, -0.25) is 18.6 Å². The fourth-order valence-corrected chi connectivity index (χ4v) is 8.62. The van der Waals surface area contributed by atoms with E-state index in [0.29, 0.717) is 6.42 Å². The quantitative estimate of drug-likeness (QED) is 0.0264. The third-order valence-electron chi connectivity index (χ3n) is 12.0. The summed E-state index contributed by atoms with van der Waals surface area (Å²) in [6, 6.07) is 0. The molecule has 9 nitrogen and oxygen atoms in total. The number of carbonyl (C=O) groups is 2. The van der Waals surface area contributed by atoms with Crippen molar-refractivity contribution in [2.24, 2.45) is 5.73 Å². The van der Waals surface area contributed by atoms with Crippen LogP contribution in [-0.2, 0) is 32.7 Å². The Morgan fingerprint density at radius 3 is 1.17 bits per heavy atom. The van der Waals surface area contributed by atoms with Gasteiger partial charge < -0.3 is 20.1 Å². The van der Waals surface area contributed by atoms with E-state index in [9.17, 15) is 19.0 Å². The molecule has 0 heterocycles. The van der Waals surface area contributed by atoms with Gasteiger partial charge in [0.15, 0.2) is 6.10 Å². The topological polar surface area (TPSA) is 134 Å². The van der Waals surface area contributed by atoms with Crippen molar-refractivity contribution in [2.75, 3.05) is 26.4 Å². The van der Waals surface area contributed by atoms with Crippen LogP contribution in [0.25, 0.3) is 0 Å². The van der Waals surface area contributed by atoms with Crippen molar-refractivity contribution >= 4 is 19.8 Å². The number of allylic oxidation sites excluding steroid dienone is 14. The predicted octanol–water partition coefficient (Wildman–Crippen LogP) is 17.9. The zero-order chi connectivity index (χ0) is 51.0. The van der Waals surface area contributed by atoms with E-state index in [-0.39, 0.29) is 38.6 Å². The summed E-state index contributed by atoms with van der Waals surface area (Å²) in [5.41, 5.74) is 5.38. The third-order valence-corrected chi connectivity index (χ3v) is 13.0. The zero-order valence-electron chi connectivity index (χ0n) is 45.0. The molecular formula is C60H106NO8P. The van der Waals surface area contributed by atoms with E-state index >= 15 is 0 Å². The molecule has 0 aromatic carbocycles. The number of phosphoric ester groups is 1. The molecule has 0 aliphatic carbocycles. The van der Waals surface area contributed by atoms with Gasteiger partial charge in [0, 0.05) is 19.4 Å². The first-order valence-electron chi connectivity index (χ1n) is 28.6. The Hall–Kier alpha value is -2.81. The van der Waals surface area contributed by atoms with E-state index in [1.165, 1.54) is 128 Å². The summed E-state index contributed by atoms with van der Waals surface area (Å²) in [7, 11) is -4.39. The van der Waals surface area contributed by atoms with Gasteiger partial charge >= 0.3 is 19.8 Å². The molecule has 0 aliphatic rings. The molecule has 3 N–H and O–H groups in total. The molecule has 0 saturated carbocycles. The highest BCUT2D eigenvalue weighted by Crippen LogP contribution is 2.43. The molecule has 0 aliphatic heterocycles. The molecule has 0 bridgehead atoms. The molecule has 0 aromatic rings. The van der Waals surface area contributed by atoms with Gasteiger partial charge in [0.1, 0.15) is 6.61 Å². The van der Waals surface area contributed by atoms with E-state index in [0.717, 1.165) is 89.9 Å². The van der Waals surface area contributed by atoms with Crippen LogP contribution in [-0.4, -0.2) is 49.3 Å². The SMILES string of the molecule is CC/C=C\C/C=C\C/C=C\C/C=C\C/C=C\C/C=C\C/C=C\CCCCCCCCCCCCCC(=O)OC(COC(=O)CCCCCCCCCCCCCCCCCC)COP(=O)(O)OCCN. The van der Waals surface area contributed by atoms with Crippen LogP contribution in [0.1, 0.15) is 251 Å². The summed E-state index contributed by atoms with van der Waals surface area (Å²) in [5, 5.41) is 0. The van der Waals surface area contributed by atoms with Crippen LogP contribution in [0, 0.1) is 0 Å². The minimum absolute atomic E-state index is 0.0512. The van der Waals surface area contributed by atoms with Crippen LogP contribution in [0.3, 0.4) is 0 Å². The van der Waals surface area contributed by atoms with E-state index in [1.807, 2.05) is 0 Å². The average Bonchev–Trinajstić information content (AvgIpc) is 3.35. The normalized spacial score (nSPS) is 13.7. The van der Waals surface area contributed by atoms with Gasteiger partial charge in [-0.25, -0.2) is 4.57 Å². The average molecular weight is 1000 g/mol. The summed E-state index contributed by atoms with van der Waals surface area (Å²) < 4.78 is 33.0. The maximum Gasteiger partial charge on any atom is 0.472 e. The summed E-state index contributed by atoms with van der Waals surface area (Å²) in [6.07, 6.45) is 72.0. The molecular weight excluding hydrogens is 894 g/mol. The molecule has 0 spiro atoms. The van der Waals surface area contributed by atoms with Gasteiger partial charge in [-0.05, 0) is 70.6 Å². The number of hydrogen-bond acceptors (Lipinski definition) is 8. The Morgan fingerprint density at radius 2 is 0.786 bits per heavy atom. The number of ether oxygens (including phenoxy) is 2. The second-order valence-electron chi connectivity index (χ2n) is 18.8. The molecule has 0 amide bonds. The highest BCUT2D eigenvalue weighted by Gasteiger charge is 2.26. The lowest BCUT2D eigenvalue weighted by Crippen LogP contribution is -2.29. The van der Waals surface area contributed by atoms with Crippen molar-refractivity contribution in [3.05, 3.63) is 85.1 Å². The van der Waals surface area contributed by atoms with E-state index in [2.05, 4.69) is 98.9 Å². The number of nitrogens with two attached hydrogens (primary N) is 1. The van der Waals surface area contributed by atoms with Gasteiger partial charge in [0.2, 0.25) is 0 Å². The molecule has 0 fully saturated rings. The van der Waals surface area contributed by atoms with Crippen molar-refractivity contribution in [3.8, 4) is 0 Å². The highest BCUT2D eigenvalue weighted by molar-refractivity contribution is 7.47. The molecule has 0 rings (SSSR count). The maximum absolute atomic E-state index is 12.7. The zero-order valence-corrected chi connectivity index (χ0v) is 45.9. The monoisotopic (exact) mass is 1000 g/mol. The van der Waals surface area contributed by atoms with E-state index in [1.54, 1.807) is 0 Å². The van der Waals surface area contributed by atoms with E-state index < -0.39 is 26.5 Å². The van der Waals surface area contributed by atoms with Crippen molar-refractivity contribution in [1.82, 2.24) is 0 Å². The number of esters is 2.